The number of Topliss-reactive ketones (excluding diaryl/α,β-unsaturated/α-hetero) is 1. The van der Waals surface area contributed by atoms with E-state index in [1.807, 2.05) is 18.2 Å². The van der Waals surface area contributed by atoms with Gasteiger partial charge >= 0.3 is 5.91 Å². The Morgan fingerprint density at radius 3 is 2.47 bits per heavy atom. The van der Waals surface area contributed by atoms with Gasteiger partial charge in [0.25, 0.3) is 5.78 Å². The van der Waals surface area contributed by atoms with Crippen molar-refractivity contribution < 1.29 is 19.1 Å². The van der Waals surface area contributed by atoms with Gasteiger partial charge in [0.1, 0.15) is 11.6 Å². The fourth-order valence-corrected chi connectivity index (χ4v) is 5.28. The average molecular weight is 509 g/mol. The highest BCUT2D eigenvalue weighted by molar-refractivity contribution is 9.10. The normalized spacial score (nSPS) is 17.9. The van der Waals surface area contributed by atoms with E-state index < -0.39 is 23.5 Å². The van der Waals surface area contributed by atoms with Crippen molar-refractivity contribution in [2.45, 2.75) is 6.04 Å². The number of nitrogens with zero attached hydrogens (tertiary/aromatic N) is 2. The zero-order valence-electron chi connectivity index (χ0n) is 16.3. The number of anilines is 1. The van der Waals surface area contributed by atoms with Crippen LogP contribution in [0.4, 0.5) is 9.52 Å². The number of carbonyl (C=O) groups excluding carboxylic acids is 2. The van der Waals surface area contributed by atoms with Gasteiger partial charge in [-0.25, -0.2) is 9.37 Å². The van der Waals surface area contributed by atoms with Crippen molar-refractivity contribution in [3.63, 3.8) is 0 Å². The number of benzene rings is 3. The van der Waals surface area contributed by atoms with Gasteiger partial charge in [0.05, 0.1) is 21.8 Å². The number of halogens is 2. The van der Waals surface area contributed by atoms with Crippen molar-refractivity contribution >= 4 is 60.1 Å². The zero-order chi connectivity index (χ0) is 22.4. The van der Waals surface area contributed by atoms with Crippen LogP contribution in [0, 0.1) is 5.82 Å². The molecule has 0 aliphatic carbocycles. The van der Waals surface area contributed by atoms with Crippen LogP contribution in [0.25, 0.3) is 16.0 Å². The summed E-state index contributed by atoms with van der Waals surface area (Å²) in [5, 5.41) is 11.3. The van der Waals surface area contributed by atoms with Gasteiger partial charge in [-0.2, -0.15) is 0 Å². The maximum atomic E-state index is 13.6. The highest BCUT2D eigenvalue weighted by Gasteiger charge is 2.48. The van der Waals surface area contributed by atoms with Crippen LogP contribution in [0.1, 0.15) is 17.2 Å². The molecule has 1 amide bonds. The van der Waals surface area contributed by atoms with Crippen LogP contribution in [-0.2, 0) is 9.59 Å². The standard InChI is InChI=1S/C24H14BrFN2O3S/c25-15-8-11-17-18(12-15)32-24(27-17)28-20(13-6-9-16(26)10-7-13)19(22(30)23(28)31)21(29)14-4-2-1-3-5-14/h1-12,20,29H/t20-/m1/s1. The number of rotatable bonds is 3. The molecule has 0 saturated carbocycles. The van der Waals surface area contributed by atoms with Crippen LogP contribution in [0.5, 0.6) is 0 Å². The maximum Gasteiger partial charge on any atom is 0.301 e. The SMILES string of the molecule is O=C1C(=O)N(c2nc3ccc(Br)cc3s2)[C@H](c2ccc(F)cc2)C1=C(O)c1ccccc1. The summed E-state index contributed by atoms with van der Waals surface area (Å²) in [5.74, 6) is -2.35. The predicted octanol–water partition coefficient (Wildman–Crippen LogP) is 5.82. The lowest BCUT2D eigenvalue weighted by molar-refractivity contribution is -0.132. The van der Waals surface area contributed by atoms with E-state index in [-0.39, 0.29) is 11.3 Å². The molecule has 1 saturated heterocycles. The summed E-state index contributed by atoms with van der Waals surface area (Å²) in [7, 11) is 0. The zero-order valence-corrected chi connectivity index (χ0v) is 18.7. The monoisotopic (exact) mass is 508 g/mol. The van der Waals surface area contributed by atoms with Crippen LogP contribution in [-0.4, -0.2) is 21.8 Å². The Morgan fingerprint density at radius 2 is 1.75 bits per heavy atom. The highest BCUT2D eigenvalue weighted by Crippen LogP contribution is 2.44. The molecule has 3 aromatic carbocycles. The summed E-state index contributed by atoms with van der Waals surface area (Å²) < 4.78 is 15.3. The minimum atomic E-state index is -0.945. The molecule has 1 fully saturated rings. The third kappa shape index (κ3) is 3.41. The Kier molecular flexibility index (Phi) is 5.11. The summed E-state index contributed by atoms with van der Waals surface area (Å²) >= 11 is 4.68. The molecule has 0 spiro atoms. The number of aromatic nitrogens is 1. The molecule has 1 aromatic heterocycles. The number of aliphatic hydroxyl groups excluding tert-OH is 1. The molecule has 2 heterocycles. The maximum absolute atomic E-state index is 13.6. The van der Waals surface area contributed by atoms with Gasteiger partial charge in [-0.1, -0.05) is 69.7 Å². The first-order chi connectivity index (χ1) is 15.4. The Balaban J connectivity index is 1.73. The van der Waals surface area contributed by atoms with Crippen molar-refractivity contribution in [2.75, 3.05) is 4.90 Å². The number of fused-ring (bicyclic) bond motifs is 1. The van der Waals surface area contributed by atoms with Gasteiger partial charge in [0.2, 0.25) is 0 Å². The summed E-state index contributed by atoms with van der Waals surface area (Å²) in [5.41, 5.74) is 1.51. The third-order valence-electron chi connectivity index (χ3n) is 5.22. The molecule has 0 bridgehead atoms. The number of amides is 1. The number of carbonyl (C=O) groups is 2. The van der Waals surface area contributed by atoms with Gasteiger partial charge in [-0.3, -0.25) is 14.5 Å². The van der Waals surface area contributed by atoms with Crippen molar-refractivity contribution in [2.24, 2.45) is 0 Å². The molecule has 158 valence electrons. The molecule has 0 unspecified atom stereocenters. The molecule has 5 rings (SSSR count). The minimum absolute atomic E-state index is 0.0618. The first-order valence-corrected chi connectivity index (χ1v) is 11.2. The van der Waals surface area contributed by atoms with E-state index in [0.717, 1.165) is 9.17 Å². The van der Waals surface area contributed by atoms with Crippen LogP contribution in [0.2, 0.25) is 0 Å². The van der Waals surface area contributed by atoms with E-state index in [2.05, 4.69) is 20.9 Å². The molecule has 4 aromatic rings. The Bertz CT molecular complexity index is 1400. The van der Waals surface area contributed by atoms with Crippen LogP contribution < -0.4 is 4.90 Å². The predicted molar refractivity (Wildman–Crippen MR) is 125 cm³/mol. The Morgan fingerprint density at radius 1 is 1.03 bits per heavy atom. The summed E-state index contributed by atoms with van der Waals surface area (Å²) in [6.45, 7) is 0. The summed E-state index contributed by atoms with van der Waals surface area (Å²) in [6, 6.07) is 18.6. The summed E-state index contributed by atoms with van der Waals surface area (Å²) in [6.07, 6.45) is 0. The van der Waals surface area contributed by atoms with Crippen molar-refractivity contribution in [1.82, 2.24) is 4.98 Å². The van der Waals surface area contributed by atoms with E-state index in [9.17, 15) is 19.1 Å². The van der Waals surface area contributed by atoms with Crippen LogP contribution in [0.15, 0.2) is 82.8 Å². The quantitative estimate of drug-likeness (QED) is 0.215. The molecule has 5 nitrogen and oxygen atoms in total. The molecule has 1 N–H and O–H groups in total. The fraction of sp³-hybridized carbons (Fsp3) is 0.0417. The highest BCUT2D eigenvalue weighted by atomic mass is 79.9. The second kappa shape index (κ2) is 7.96. The first kappa shape index (κ1) is 20.5. The molecule has 1 aliphatic rings. The average Bonchev–Trinajstić information content (AvgIpc) is 3.32. The Hall–Kier alpha value is -3.36. The van der Waals surface area contributed by atoms with Gasteiger partial charge < -0.3 is 5.11 Å². The van der Waals surface area contributed by atoms with Crippen LogP contribution >= 0.6 is 27.3 Å². The van der Waals surface area contributed by atoms with Crippen molar-refractivity contribution in [1.29, 1.82) is 0 Å². The van der Waals surface area contributed by atoms with Gasteiger partial charge in [0, 0.05) is 10.0 Å². The Labute approximate surface area is 194 Å². The molecule has 1 atom stereocenters. The molecule has 0 radical (unpaired) electrons. The number of hydrogen-bond acceptors (Lipinski definition) is 5. The van der Waals surface area contributed by atoms with Crippen molar-refractivity contribution in [3.8, 4) is 0 Å². The van der Waals surface area contributed by atoms with E-state index in [1.165, 1.54) is 40.5 Å². The van der Waals surface area contributed by atoms with Crippen LogP contribution in [0.3, 0.4) is 0 Å². The molecular formula is C24H14BrFN2O3S. The van der Waals surface area contributed by atoms with Gasteiger partial charge in [-0.15, -0.1) is 0 Å². The lowest BCUT2D eigenvalue weighted by atomic mass is 9.95. The van der Waals surface area contributed by atoms with E-state index in [1.54, 1.807) is 30.3 Å². The summed E-state index contributed by atoms with van der Waals surface area (Å²) in [4.78, 5) is 32.1. The van der Waals surface area contributed by atoms with E-state index >= 15 is 0 Å². The molecule has 1 aliphatic heterocycles. The minimum Gasteiger partial charge on any atom is -0.507 e. The van der Waals surface area contributed by atoms with E-state index in [0.29, 0.717) is 21.8 Å². The lowest BCUT2D eigenvalue weighted by Gasteiger charge is -2.22. The largest absolute Gasteiger partial charge is 0.507 e. The number of hydrogen-bond donors (Lipinski definition) is 1. The van der Waals surface area contributed by atoms with Crippen molar-refractivity contribution in [3.05, 3.63) is 99.8 Å². The fourth-order valence-electron chi connectivity index (χ4n) is 3.73. The second-order valence-electron chi connectivity index (χ2n) is 7.20. The number of thiazole rings is 1. The molecular weight excluding hydrogens is 495 g/mol. The molecule has 32 heavy (non-hydrogen) atoms. The lowest BCUT2D eigenvalue weighted by Crippen LogP contribution is -2.29. The number of aliphatic hydroxyl groups is 1. The smallest absolute Gasteiger partial charge is 0.301 e. The molecule has 8 heteroatoms. The van der Waals surface area contributed by atoms with E-state index in [4.69, 9.17) is 0 Å². The first-order valence-electron chi connectivity index (χ1n) is 9.62. The topological polar surface area (TPSA) is 70.5 Å². The number of ketones is 1. The third-order valence-corrected chi connectivity index (χ3v) is 6.73. The van der Waals surface area contributed by atoms with Gasteiger partial charge in [0.15, 0.2) is 5.13 Å². The second-order valence-corrected chi connectivity index (χ2v) is 9.12. The van der Waals surface area contributed by atoms with Gasteiger partial charge in [-0.05, 0) is 35.9 Å².